The molecule has 2 aromatic rings. The molecule has 0 aliphatic carbocycles. The minimum atomic E-state index is -0.357. The Bertz CT molecular complexity index is 789. The highest BCUT2D eigenvalue weighted by Crippen LogP contribution is 2.17. The molecule has 1 heterocycles. The fraction of sp³-hybridized carbons (Fsp3) is 0.300. The molecule has 0 radical (unpaired) electrons. The Hall–Kier alpha value is -2.57. The van der Waals surface area contributed by atoms with Gasteiger partial charge in [0.1, 0.15) is 5.75 Å². The molecule has 0 unspecified atom stereocenters. The summed E-state index contributed by atoms with van der Waals surface area (Å²) >= 11 is 5.82. The summed E-state index contributed by atoms with van der Waals surface area (Å²) < 4.78 is 10.9. The first kappa shape index (κ1) is 19.2. The molecule has 1 aliphatic heterocycles. The first-order valence-electron chi connectivity index (χ1n) is 8.79. The first-order valence-corrected chi connectivity index (χ1v) is 9.16. The highest BCUT2D eigenvalue weighted by atomic mass is 35.5. The second-order valence-electron chi connectivity index (χ2n) is 6.18. The van der Waals surface area contributed by atoms with Gasteiger partial charge in [0, 0.05) is 18.2 Å². The first-order chi connectivity index (χ1) is 13.1. The second kappa shape index (κ2) is 9.39. The molecule has 6 nitrogen and oxygen atoms in total. The van der Waals surface area contributed by atoms with Crippen LogP contribution in [0.25, 0.3) is 0 Å². The second-order valence-corrected chi connectivity index (χ2v) is 6.62. The van der Waals surface area contributed by atoms with Gasteiger partial charge >= 0.3 is 0 Å². The van der Waals surface area contributed by atoms with Gasteiger partial charge in [0.2, 0.25) is 0 Å². The highest BCUT2D eigenvalue weighted by molar-refractivity contribution is 6.30. The Balaban J connectivity index is 1.55. The van der Waals surface area contributed by atoms with Crippen LogP contribution in [0, 0.1) is 0 Å². The number of halogens is 1. The largest absolute Gasteiger partial charge is 0.484 e. The number of nitrogens with one attached hydrogen (secondary N) is 2. The molecule has 0 bridgehead atoms. The van der Waals surface area contributed by atoms with Crippen LogP contribution in [0.2, 0.25) is 5.02 Å². The Morgan fingerprint density at radius 2 is 1.93 bits per heavy atom. The molecule has 1 saturated heterocycles. The molecule has 2 N–H and O–H groups in total. The molecule has 0 saturated carbocycles. The predicted molar refractivity (Wildman–Crippen MR) is 103 cm³/mol. The van der Waals surface area contributed by atoms with Gasteiger partial charge in [-0.2, -0.15) is 0 Å². The molecule has 1 aliphatic rings. The number of anilines is 1. The molecule has 1 fully saturated rings. The van der Waals surface area contributed by atoms with E-state index < -0.39 is 0 Å². The lowest BCUT2D eigenvalue weighted by atomic mass is 10.1. The van der Waals surface area contributed by atoms with Gasteiger partial charge in [0.05, 0.1) is 17.4 Å². The number of carbonyl (C=O) groups is 2. The third-order valence-corrected chi connectivity index (χ3v) is 4.40. The number of hydrogen-bond acceptors (Lipinski definition) is 4. The van der Waals surface area contributed by atoms with E-state index in [1.807, 2.05) is 0 Å². The number of benzene rings is 2. The molecule has 2 aromatic carbocycles. The SMILES string of the molecule is O=C(COc1ccc(Cl)cc1)Nc1ccccc1C(=O)NC[C@@H]1CCCO1. The van der Waals surface area contributed by atoms with E-state index in [4.69, 9.17) is 21.1 Å². The fourth-order valence-corrected chi connectivity index (χ4v) is 2.89. The van der Waals surface area contributed by atoms with Crippen LogP contribution < -0.4 is 15.4 Å². The van der Waals surface area contributed by atoms with Crippen molar-refractivity contribution in [1.29, 1.82) is 0 Å². The van der Waals surface area contributed by atoms with E-state index in [1.54, 1.807) is 48.5 Å². The van der Waals surface area contributed by atoms with Crippen LogP contribution in [0.4, 0.5) is 5.69 Å². The number of para-hydroxylation sites is 1. The van der Waals surface area contributed by atoms with Crippen molar-refractivity contribution in [3.8, 4) is 5.75 Å². The molecule has 7 heteroatoms. The molecule has 3 rings (SSSR count). The topological polar surface area (TPSA) is 76.7 Å². The minimum absolute atomic E-state index is 0.0588. The van der Waals surface area contributed by atoms with E-state index in [1.165, 1.54) is 0 Å². The normalized spacial score (nSPS) is 16.0. The lowest BCUT2D eigenvalue weighted by molar-refractivity contribution is -0.118. The van der Waals surface area contributed by atoms with E-state index in [-0.39, 0.29) is 24.5 Å². The van der Waals surface area contributed by atoms with E-state index in [0.717, 1.165) is 19.4 Å². The van der Waals surface area contributed by atoms with Gasteiger partial charge in [0.15, 0.2) is 6.61 Å². The maximum atomic E-state index is 12.5. The molecule has 0 aromatic heterocycles. The Morgan fingerprint density at radius 1 is 1.15 bits per heavy atom. The zero-order valence-electron chi connectivity index (χ0n) is 14.7. The summed E-state index contributed by atoms with van der Waals surface area (Å²) in [7, 11) is 0. The van der Waals surface area contributed by atoms with Crippen molar-refractivity contribution in [2.24, 2.45) is 0 Å². The van der Waals surface area contributed by atoms with Crippen LogP contribution in [-0.4, -0.2) is 37.7 Å². The number of amides is 2. The van der Waals surface area contributed by atoms with Gasteiger partial charge in [0.25, 0.3) is 11.8 Å². The molecule has 0 spiro atoms. The van der Waals surface area contributed by atoms with Crippen molar-refractivity contribution in [3.63, 3.8) is 0 Å². The lowest BCUT2D eigenvalue weighted by Gasteiger charge is -2.14. The van der Waals surface area contributed by atoms with Gasteiger partial charge in [-0.05, 0) is 49.2 Å². The minimum Gasteiger partial charge on any atom is -0.484 e. The fourth-order valence-electron chi connectivity index (χ4n) is 2.76. The Kier molecular flexibility index (Phi) is 6.68. The van der Waals surface area contributed by atoms with Crippen LogP contribution >= 0.6 is 11.6 Å². The van der Waals surface area contributed by atoms with Gasteiger partial charge in [-0.1, -0.05) is 23.7 Å². The van der Waals surface area contributed by atoms with E-state index in [2.05, 4.69) is 10.6 Å². The third-order valence-electron chi connectivity index (χ3n) is 4.14. The summed E-state index contributed by atoms with van der Waals surface area (Å²) in [6.07, 6.45) is 2.02. The molecule has 1 atom stereocenters. The summed E-state index contributed by atoms with van der Waals surface area (Å²) in [6.45, 7) is 1.02. The van der Waals surface area contributed by atoms with Gasteiger partial charge in [-0.15, -0.1) is 0 Å². The average molecular weight is 389 g/mol. The van der Waals surface area contributed by atoms with Crippen LogP contribution in [0.1, 0.15) is 23.2 Å². The van der Waals surface area contributed by atoms with Crippen LogP contribution in [0.15, 0.2) is 48.5 Å². The highest BCUT2D eigenvalue weighted by Gasteiger charge is 2.18. The van der Waals surface area contributed by atoms with Crippen molar-refractivity contribution >= 4 is 29.1 Å². The number of carbonyl (C=O) groups excluding carboxylic acids is 2. The molecular formula is C20H21ClN2O4. The predicted octanol–water partition coefficient (Wildman–Crippen LogP) is 3.27. The number of rotatable bonds is 7. The number of ether oxygens (including phenoxy) is 2. The summed E-state index contributed by atoms with van der Waals surface area (Å²) in [5.74, 6) is -0.0681. The van der Waals surface area contributed by atoms with Gasteiger partial charge in [-0.25, -0.2) is 0 Å². The van der Waals surface area contributed by atoms with Crippen molar-refractivity contribution in [2.75, 3.05) is 25.1 Å². The van der Waals surface area contributed by atoms with Crippen molar-refractivity contribution in [2.45, 2.75) is 18.9 Å². The zero-order chi connectivity index (χ0) is 19.1. The summed E-state index contributed by atoms with van der Waals surface area (Å²) in [5, 5.41) is 6.17. The smallest absolute Gasteiger partial charge is 0.262 e. The third kappa shape index (κ3) is 5.70. The van der Waals surface area contributed by atoms with Crippen LogP contribution in [0.5, 0.6) is 5.75 Å². The number of hydrogen-bond donors (Lipinski definition) is 2. The van der Waals surface area contributed by atoms with E-state index >= 15 is 0 Å². The molecule has 142 valence electrons. The van der Waals surface area contributed by atoms with Crippen LogP contribution in [0.3, 0.4) is 0 Å². The lowest BCUT2D eigenvalue weighted by Crippen LogP contribution is -2.32. The Labute approximate surface area is 162 Å². The zero-order valence-corrected chi connectivity index (χ0v) is 15.5. The maximum Gasteiger partial charge on any atom is 0.262 e. The summed E-state index contributed by atoms with van der Waals surface area (Å²) in [6, 6.07) is 13.6. The summed E-state index contributed by atoms with van der Waals surface area (Å²) in [5.41, 5.74) is 0.836. The molecule has 2 amide bonds. The monoisotopic (exact) mass is 388 g/mol. The van der Waals surface area contributed by atoms with Crippen molar-refractivity contribution in [3.05, 3.63) is 59.1 Å². The molecule has 27 heavy (non-hydrogen) atoms. The van der Waals surface area contributed by atoms with Crippen LogP contribution in [-0.2, 0) is 9.53 Å². The summed E-state index contributed by atoms with van der Waals surface area (Å²) in [4.78, 5) is 24.6. The van der Waals surface area contributed by atoms with Crippen molar-refractivity contribution in [1.82, 2.24) is 5.32 Å². The Morgan fingerprint density at radius 3 is 2.67 bits per heavy atom. The van der Waals surface area contributed by atoms with Crippen molar-refractivity contribution < 1.29 is 19.1 Å². The van der Waals surface area contributed by atoms with E-state index in [0.29, 0.717) is 28.6 Å². The maximum absolute atomic E-state index is 12.5. The van der Waals surface area contributed by atoms with Gasteiger partial charge < -0.3 is 20.1 Å². The van der Waals surface area contributed by atoms with E-state index in [9.17, 15) is 9.59 Å². The quantitative estimate of drug-likeness (QED) is 0.763. The average Bonchev–Trinajstić information content (AvgIpc) is 3.20. The molecular weight excluding hydrogens is 368 g/mol. The van der Waals surface area contributed by atoms with Gasteiger partial charge in [-0.3, -0.25) is 9.59 Å². The standard InChI is InChI=1S/C20H21ClN2O4/c21-14-7-9-15(10-8-14)27-13-19(24)23-18-6-2-1-5-17(18)20(25)22-12-16-4-3-11-26-16/h1-2,5-10,16H,3-4,11-13H2,(H,22,25)(H,23,24)/t16-/m0/s1.